The Bertz CT molecular complexity index is 1360. The van der Waals surface area contributed by atoms with E-state index < -0.39 is 61.8 Å². The molecule has 1 fully saturated rings. The van der Waals surface area contributed by atoms with E-state index in [0.717, 1.165) is 6.07 Å². The summed E-state index contributed by atoms with van der Waals surface area (Å²) in [5, 5.41) is 79.1. The van der Waals surface area contributed by atoms with Crippen molar-refractivity contribution in [2.45, 2.75) is 43.2 Å². The van der Waals surface area contributed by atoms with Crippen LogP contribution in [0, 0.1) is 0 Å². The van der Waals surface area contributed by atoms with Gasteiger partial charge in [-0.25, -0.2) is 9.21 Å². The number of phenolic OH excluding ortho intramolecular Hbond substituents is 3. The average Bonchev–Trinajstić information content (AvgIpc) is 2.88. The zero-order valence-corrected chi connectivity index (χ0v) is 19.9. The van der Waals surface area contributed by atoms with Gasteiger partial charge in [0.15, 0.2) is 6.10 Å². The summed E-state index contributed by atoms with van der Waals surface area (Å²) in [6, 6.07) is 9.26. The van der Waals surface area contributed by atoms with Crippen LogP contribution in [-0.2, 0) is 19.1 Å². The maximum absolute atomic E-state index is 11.8. The maximum Gasteiger partial charge on any atom is 0.402 e. The van der Waals surface area contributed by atoms with E-state index in [4.69, 9.17) is 23.7 Å². The molecule has 3 aromatic rings. The molecule has 39 heavy (non-hydrogen) atoms. The van der Waals surface area contributed by atoms with Crippen LogP contribution in [0.15, 0.2) is 46.9 Å². The molecule has 14 heteroatoms. The number of hydrogen-bond donors (Lipinski definition) is 8. The number of hydrogen-bond acceptors (Lipinski definition) is 12. The first-order valence-electron chi connectivity index (χ1n) is 11.5. The fraction of sp³-hybridized carbons (Fsp3) is 0.320. The third-order valence-electron chi connectivity index (χ3n) is 5.91. The summed E-state index contributed by atoms with van der Waals surface area (Å²) in [6.07, 6.45) is -11.4. The predicted molar refractivity (Wildman–Crippen MR) is 128 cm³/mol. The van der Waals surface area contributed by atoms with Gasteiger partial charge in [0.05, 0.1) is 18.1 Å². The van der Waals surface area contributed by atoms with Crippen molar-refractivity contribution < 1.29 is 69.1 Å². The Kier molecular flexibility index (Phi) is 8.03. The number of carbonyl (C=O) groups is 2. The van der Waals surface area contributed by atoms with Crippen molar-refractivity contribution in [3.05, 3.63) is 42.5 Å². The number of aliphatic carboxylic acids is 1. The third-order valence-corrected chi connectivity index (χ3v) is 5.91. The molecule has 1 saturated heterocycles. The smallest absolute Gasteiger partial charge is 0.402 e. The number of aromatic hydroxyl groups is 3. The quantitative estimate of drug-likeness (QED) is 0.137. The van der Waals surface area contributed by atoms with Gasteiger partial charge in [-0.05, 0) is 24.3 Å². The highest BCUT2D eigenvalue weighted by Crippen LogP contribution is 2.40. The van der Waals surface area contributed by atoms with Gasteiger partial charge in [0.25, 0.3) is 0 Å². The molecular formula is C25H25O14+. The standard InChI is InChI=1S/C25H24O14/c26-11-3-1-10(2-4-11)23-17(7-13-14(28)5-12(27)6-16(13)37-23)38-25-22(33)21(32)20(31)18(39-25)9-36-19(30)8-15(29)24(34)35/h1-7,15,18,20-22,25,29,31-33H,8-9H2,(H3-,26,27,28,34,35)/p+1/t15?,18-,20-,21+,22-,25-/m1/s1. The maximum atomic E-state index is 11.8. The molecular weight excluding hydrogens is 524 g/mol. The Morgan fingerprint density at radius 3 is 2.31 bits per heavy atom. The Labute approximate surface area is 219 Å². The molecule has 0 bridgehead atoms. The molecule has 2 aromatic carbocycles. The van der Waals surface area contributed by atoms with Gasteiger partial charge < -0.3 is 55.1 Å². The molecule has 1 aliphatic rings. The van der Waals surface area contributed by atoms with Crippen molar-refractivity contribution >= 4 is 22.9 Å². The van der Waals surface area contributed by atoms with Gasteiger partial charge in [0, 0.05) is 12.1 Å². The number of benzene rings is 2. The minimum atomic E-state index is -2.01. The lowest BCUT2D eigenvalue weighted by molar-refractivity contribution is -0.278. The summed E-state index contributed by atoms with van der Waals surface area (Å²) in [5.74, 6) is -3.58. The molecule has 0 spiro atoms. The number of carboxylic acids is 1. The zero-order chi connectivity index (χ0) is 28.4. The fourth-order valence-electron chi connectivity index (χ4n) is 3.84. The summed E-state index contributed by atoms with van der Waals surface area (Å²) >= 11 is 0. The third kappa shape index (κ3) is 6.10. The average molecular weight is 549 g/mol. The summed E-state index contributed by atoms with van der Waals surface area (Å²) in [6.45, 7) is -0.692. The van der Waals surface area contributed by atoms with Crippen molar-refractivity contribution in [3.63, 3.8) is 0 Å². The highest BCUT2D eigenvalue weighted by Gasteiger charge is 2.46. The lowest BCUT2D eigenvalue weighted by Gasteiger charge is -2.39. The minimum absolute atomic E-state index is 0.00884. The number of phenols is 3. The summed E-state index contributed by atoms with van der Waals surface area (Å²) in [7, 11) is 0. The largest absolute Gasteiger partial charge is 0.508 e. The van der Waals surface area contributed by atoms with Gasteiger partial charge in [-0.15, -0.1) is 0 Å². The molecule has 4 rings (SSSR count). The summed E-state index contributed by atoms with van der Waals surface area (Å²) in [5.41, 5.74) is 0.415. The van der Waals surface area contributed by atoms with Crippen LogP contribution >= 0.6 is 0 Å². The van der Waals surface area contributed by atoms with Gasteiger partial charge in [-0.1, -0.05) is 0 Å². The van der Waals surface area contributed by atoms with E-state index in [1.54, 1.807) is 0 Å². The first-order chi connectivity index (χ1) is 18.4. The Morgan fingerprint density at radius 2 is 1.64 bits per heavy atom. The second-order valence-electron chi connectivity index (χ2n) is 8.74. The molecule has 14 nitrogen and oxygen atoms in total. The molecule has 1 unspecified atom stereocenters. The number of esters is 1. The molecule has 208 valence electrons. The normalized spacial score (nSPS) is 23.7. The molecule has 0 aliphatic carbocycles. The van der Waals surface area contributed by atoms with Crippen molar-refractivity contribution in [2.24, 2.45) is 0 Å². The second-order valence-corrected chi connectivity index (χ2v) is 8.74. The van der Waals surface area contributed by atoms with Crippen LogP contribution < -0.4 is 4.74 Å². The van der Waals surface area contributed by atoms with E-state index >= 15 is 0 Å². The van der Waals surface area contributed by atoms with Crippen molar-refractivity contribution in [1.82, 2.24) is 0 Å². The molecule has 2 heterocycles. The summed E-state index contributed by atoms with van der Waals surface area (Å²) in [4.78, 5) is 22.5. The van der Waals surface area contributed by atoms with Crippen LogP contribution in [0.25, 0.3) is 22.3 Å². The van der Waals surface area contributed by atoms with Crippen molar-refractivity contribution in [2.75, 3.05) is 6.61 Å². The Balaban J connectivity index is 1.62. The van der Waals surface area contributed by atoms with Gasteiger partial charge in [0.2, 0.25) is 12.0 Å². The lowest BCUT2D eigenvalue weighted by Crippen LogP contribution is -2.60. The van der Waals surface area contributed by atoms with E-state index in [-0.39, 0.29) is 39.7 Å². The Morgan fingerprint density at radius 1 is 0.949 bits per heavy atom. The molecule has 0 amide bonds. The minimum Gasteiger partial charge on any atom is -0.508 e. The zero-order valence-electron chi connectivity index (χ0n) is 19.9. The van der Waals surface area contributed by atoms with E-state index in [9.17, 15) is 45.3 Å². The first kappa shape index (κ1) is 27.8. The highest BCUT2D eigenvalue weighted by molar-refractivity contribution is 5.88. The van der Waals surface area contributed by atoms with E-state index in [0.29, 0.717) is 5.56 Å². The molecule has 0 saturated carbocycles. The monoisotopic (exact) mass is 549 g/mol. The number of fused-ring (bicyclic) bond motifs is 1. The Hall–Kier alpha value is -4.21. The molecule has 0 radical (unpaired) electrons. The highest BCUT2D eigenvalue weighted by atomic mass is 16.7. The lowest BCUT2D eigenvalue weighted by atomic mass is 9.99. The summed E-state index contributed by atoms with van der Waals surface area (Å²) < 4.78 is 22.0. The first-order valence-corrected chi connectivity index (χ1v) is 11.5. The van der Waals surface area contributed by atoms with Crippen LogP contribution in [0.3, 0.4) is 0 Å². The van der Waals surface area contributed by atoms with Gasteiger partial charge in [-0.3, -0.25) is 4.79 Å². The fourth-order valence-corrected chi connectivity index (χ4v) is 3.84. The number of aliphatic hydroxyl groups excluding tert-OH is 4. The van der Waals surface area contributed by atoms with Gasteiger partial charge >= 0.3 is 23.3 Å². The number of carbonyl (C=O) groups excluding carboxylic acids is 1. The SMILES string of the molecule is O=C(CC(O)C(=O)O)OC[C@H]1O[C@@H](Oc2cc3c(O)cc(O)cc3[o+]c2-c2ccc(O)cc2)[C@H](O)[C@@H](O)[C@@H]1O. The van der Waals surface area contributed by atoms with Crippen LogP contribution in [0.1, 0.15) is 6.42 Å². The van der Waals surface area contributed by atoms with Crippen LogP contribution in [0.5, 0.6) is 23.0 Å². The second kappa shape index (κ2) is 11.3. The number of rotatable bonds is 8. The molecule has 8 N–H and O–H groups in total. The molecule has 1 aromatic heterocycles. The number of aliphatic hydroxyl groups is 4. The van der Waals surface area contributed by atoms with Crippen molar-refractivity contribution in [3.8, 4) is 34.3 Å². The number of carboxylic acid groups (broad SMARTS) is 1. The van der Waals surface area contributed by atoms with Gasteiger partial charge in [-0.2, -0.15) is 0 Å². The van der Waals surface area contributed by atoms with Crippen LogP contribution in [0.4, 0.5) is 0 Å². The van der Waals surface area contributed by atoms with Crippen molar-refractivity contribution in [1.29, 1.82) is 0 Å². The van der Waals surface area contributed by atoms with Gasteiger partial charge in [0.1, 0.15) is 53.7 Å². The van der Waals surface area contributed by atoms with Crippen LogP contribution in [0.2, 0.25) is 0 Å². The van der Waals surface area contributed by atoms with Crippen LogP contribution in [-0.4, -0.2) is 96.2 Å². The predicted octanol–water partition coefficient (Wildman–Crippen LogP) is 0.0629. The van der Waals surface area contributed by atoms with E-state index in [2.05, 4.69) is 0 Å². The molecule has 1 aliphatic heterocycles. The number of ether oxygens (including phenoxy) is 3. The molecule has 6 atom stereocenters. The van der Waals surface area contributed by atoms with E-state index in [1.807, 2.05) is 0 Å². The topological polar surface area (TPSA) is 235 Å². The van der Waals surface area contributed by atoms with E-state index in [1.165, 1.54) is 36.4 Å².